The third-order valence-electron chi connectivity index (χ3n) is 7.05. The first-order valence-corrected chi connectivity index (χ1v) is 11.5. The van der Waals surface area contributed by atoms with Crippen LogP contribution in [0.4, 0.5) is 10.1 Å². The van der Waals surface area contributed by atoms with Crippen LogP contribution < -0.4 is 10.2 Å². The maximum absolute atomic E-state index is 15.0. The van der Waals surface area contributed by atoms with E-state index in [4.69, 9.17) is 4.74 Å². The Kier molecular flexibility index (Phi) is 5.76. The molecule has 5 rings (SSSR count). The number of nitrogens with one attached hydrogen (secondary N) is 1. The maximum Gasteiger partial charge on any atom is 0.331 e. The van der Waals surface area contributed by atoms with Crippen LogP contribution in [0, 0.1) is 17.7 Å². The molecule has 182 valence electrons. The van der Waals surface area contributed by atoms with Gasteiger partial charge in [-0.2, -0.15) is 0 Å². The van der Waals surface area contributed by atoms with E-state index in [9.17, 15) is 19.2 Å². The van der Waals surface area contributed by atoms with Crippen LogP contribution in [0.25, 0.3) is 0 Å². The fraction of sp³-hybridized carbons (Fsp3) is 0.214. The van der Waals surface area contributed by atoms with Crippen molar-refractivity contribution in [1.29, 1.82) is 0 Å². The van der Waals surface area contributed by atoms with Crippen molar-refractivity contribution in [2.45, 2.75) is 18.5 Å². The van der Waals surface area contributed by atoms with Gasteiger partial charge >= 0.3 is 5.97 Å². The maximum atomic E-state index is 15.0. The number of ketones is 1. The molecule has 0 unspecified atom stereocenters. The number of anilines is 1. The van der Waals surface area contributed by atoms with Gasteiger partial charge in [-0.1, -0.05) is 60.7 Å². The predicted octanol–water partition coefficient (Wildman–Crippen LogP) is 3.55. The number of nitrogens with zero attached hydrogens (tertiary/aromatic N) is 1. The molecule has 2 aliphatic heterocycles. The van der Waals surface area contributed by atoms with Crippen molar-refractivity contribution < 1.29 is 28.3 Å². The molecular weight excluding hydrogens is 463 g/mol. The van der Waals surface area contributed by atoms with Crippen molar-refractivity contribution in [3.63, 3.8) is 0 Å². The minimum Gasteiger partial charge on any atom is -0.467 e. The third kappa shape index (κ3) is 3.37. The summed E-state index contributed by atoms with van der Waals surface area (Å²) in [5.74, 6) is -5.10. The van der Waals surface area contributed by atoms with Crippen LogP contribution >= 0.6 is 0 Å². The second-order valence-electron chi connectivity index (χ2n) is 8.93. The van der Waals surface area contributed by atoms with Crippen LogP contribution in [0.2, 0.25) is 0 Å². The highest BCUT2D eigenvalue weighted by atomic mass is 19.1. The normalized spacial score (nSPS) is 25.1. The van der Waals surface area contributed by atoms with Gasteiger partial charge in [0.2, 0.25) is 11.8 Å². The molecule has 3 aromatic rings. The van der Waals surface area contributed by atoms with Gasteiger partial charge in [0.25, 0.3) is 0 Å². The molecule has 1 N–H and O–H groups in total. The number of hydrogen-bond donors (Lipinski definition) is 1. The van der Waals surface area contributed by atoms with E-state index in [-0.39, 0.29) is 17.0 Å². The minimum absolute atomic E-state index is 0.162. The molecule has 2 heterocycles. The number of rotatable bonds is 5. The number of benzene rings is 3. The standard InChI is InChI=1S/C28H23FN2O5/c1-16(32)17-9-8-12-19(15-17)31-25(33)22-23(26(31)34)28(27(35)36-2,18-10-4-3-5-11-18)30-24(22)20-13-6-7-14-21(20)29/h3-15,22-24,30H,1-2H3/t22-,23+,24-,28-/m1/s1. The van der Waals surface area contributed by atoms with Gasteiger partial charge < -0.3 is 4.74 Å². The summed E-state index contributed by atoms with van der Waals surface area (Å²) in [7, 11) is 1.20. The smallest absolute Gasteiger partial charge is 0.331 e. The molecule has 2 aliphatic rings. The fourth-order valence-corrected chi connectivity index (χ4v) is 5.45. The first kappa shape index (κ1) is 23.6. The Morgan fingerprint density at radius 2 is 1.64 bits per heavy atom. The number of ether oxygens (including phenoxy) is 1. The Hall–Kier alpha value is -4.17. The van der Waals surface area contributed by atoms with Crippen molar-refractivity contribution in [3.8, 4) is 0 Å². The highest BCUT2D eigenvalue weighted by molar-refractivity contribution is 6.24. The number of carbonyl (C=O) groups is 4. The van der Waals surface area contributed by atoms with Gasteiger partial charge in [0.15, 0.2) is 11.3 Å². The van der Waals surface area contributed by atoms with Crippen molar-refractivity contribution in [3.05, 3.63) is 101 Å². The SMILES string of the molecule is COC(=O)[C@]1(c2ccccc2)N[C@H](c2ccccc2F)[C@@H]2C(=O)N(c3cccc(C(C)=O)c3)C(=O)[C@H]21. The largest absolute Gasteiger partial charge is 0.467 e. The Bertz CT molecular complexity index is 1390. The Morgan fingerprint density at radius 3 is 2.31 bits per heavy atom. The molecule has 0 radical (unpaired) electrons. The van der Waals surface area contributed by atoms with Crippen molar-refractivity contribution >= 4 is 29.3 Å². The number of carbonyl (C=O) groups excluding carboxylic acids is 4. The van der Waals surface area contributed by atoms with Gasteiger partial charge in [-0.15, -0.1) is 0 Å². The molecule has 0 bridgehead atoms. The lowest BCUT2D eigenvalue weighted by molar-refractivity contribution is -0.152. The van der Waals surface area contributed by atoms with E-state index in [2.05, 4.69) is 5.32 Å². The molecule has 0 spiro atoms. The number of halogens is 1. The molecule has 36 heavy (non-hydrogen) atoms. The molecule has 8 heteroatoms. The lowest BCUT2D eigenvalue weighted by Gasteiger charge is -2.33. The summed E-state index contributed by atoms with van der Waals surface area (Å²) >= 11 is 0. The molecule has 0 saturated carbocycles. The van der Waals surface area contributed by atoms with Crippen molar-refractivity contribution in [2.24, 2.45) is 11.8 Å². The van der Waals surface area contributed by atoms with E-state index < -0.39 is 47.0 Å². The Labute approximate surface area is 206 Å². The van der Waals surface area contributed by atoms with E-state index >= 15 is 4.39 Å². The second-order valence-corrected chi connectivity index (χ2v) is 8.93. The number of imide groups is 1. The summed E-state index contributed by atoms with van der Waals surface area (Å²) in [5, 5.41) is 3.16. The zero-order valence-electron chi connectivity index (χ0n) is 19.6. The number of hydrogen-bond acceptors (Lipinski definition) is 6. The summed E-state index contributed by atoms with van der Waals surface area (Å²) in [6.45, 7) is 1.39. The molecule has 0 aliphatic carbocycles. The van der Waals surface area contributed by atoms with Crippen molar-refractivity contribution in [2.75, 3.05) is 12.0 Å². The molecule has 3 aromatic carbocycles. The third-order valence-corrected chi connectivity index (χ3v) is 7.05. The number of fused-ring (bicyclic) bond motifs is 1. The number of Topliss-reactive ketones (excluding diaryl/α,β-unsaturated/α-hetero) is 1. The summed E-state index contributed by atoms with van der Waals surface area (Å²) < 4.78 is 20.2. The second kappa shape index (κ2) is 8.80. The predicted molar refractivity (Wildman–Crippen MR) is 128 cm³/mol. The first-order valence-electron chi connectivity index (χ1n) is 11.5. The van der Waals surface area contributed by atoms with E-state index in [0.29, 0.717) is 11.1 Å². The van der Waals surface area contributed by atoms with Crippen molar-refractivity contribution in [1.82, 2.24) is 5.32 Å². The van der Waals surface area contributed by atoms with E-state index in [1.54, 1.807) is 54.6 Å². The lowest BCUT2D eigenvalue weighted by atomic mass is 9.75. The van der Waals surface area contributed by atoms with Gasteiger partial charge in [0.1, 0.15) is 5.82 Å². The fourth-order valence-electron chi connectivity index (χ4n) is 5.45. The molecular formula is C28H23FN2O5. The zero-order valence-corrected chi connectivity index (χ0v) is 19.6. The van der Waals surface area contributed by atoms with Crippen LogP contribution in [0.15, 0.2) is 78.9 Å². The van der Waals surface area contributed by atoms with Crippen LogP contribution in [0.5, 0.6) is 0 Å². The quantitative estimate of drug-likeness (QED) is 0.337. The molecule has 2 saturated heterocycles. The minimum atomic E-state index is -1.74. The van der Waals surface area contributed by atoms with Crippen LogP contribution in [-0.2, 0) is 24.7 Å². The zero-order chi connectivity index (χ0) is 25.6. The molecule has 2 amide bonds. The average Bonchev–Trinajstić information content (AvgIpc) is 3.38. The van der Waals surface area contributed by atoms with Crippen LogP contribution in [0.3, 0.4) is 0 Å². The van der Waals surface area contributed by atoms with Crippen LogP contribution in [0.1, 0.15) is 34.5 Å². The number of amides is 2. The van der Waals surface area contributed by atoms with Gasteiger partial charge in [-0.05, 0) is 30.7 Å². The lowest BCUT2D eigenvalue weighted by Crippen LogP contribution is -2.53. The average molecular weight is 486 g/mol. The van der Waals surface area contributed by atoms with E-state index in [0.717, 1.165) is 4.90 Å². The number of methoxy groups -OCH3 is 1. The molecule has 4 atom stereocenters. The number of esters is 1. The van der Waals surface area contributed by atoms with E-state index in [1.807, 2.05) is 0 Å². The van der Waals surface area contributed by atoms with Gasteiger partial charge in [0.05, 0.1) is 24.6 Å². The molecule has 2 fully saturated rings. The summed E-state index contributed by atoms with van der Waals surface area (Å²) in [5.41, 5.74) is -0.615. The summed E-state index contributed by atoms with van der Waals surface area (Å²) in [4.78, 5) is 54.4. The van der Waals surface area contributed by atoms with Gasteiger partial charge in [-0.25, -0.2) is 14.1 Å². The summed E-state index contributed by atoms with van der Waals surface area (Å²) in [6, 6.07) is 19.7. The van der Waals surface area contributed by atoms with Crippen LogP contribution in [-0.4, -0.2) is 30.7 Å². The topological polar surface area (TPSA) is 92.8 Å². The molecule has 0 aromatic heterocycles. The Balaban J connectivity index is 1.74. The highest BCUT2D eigenvalue weighted by Gasteiger charge is 2.70. The Morgan fingerprint density at radius 1 is 0.944 bits per heavy atom. The van der Waals surface area contributed by atoms with Gasteiger partial charge in [-0.3, -0.25) is 19.7 Å². The summed E-state index contributed by atoms with van der Waals surface area (Å²) in [6.07, 6.45) is 0. The van der Waals surface area contributed by atoms with E-state index in [1.165, 1.54) is 38.3 Å². The molecule has 7 nitrogen and oxygen atoms in total. The van der Waals surface area contributed by atoms with Gasteiger partial charge in [0, 0.05) is 17.2 Å². The monoisotopic (exact) mass is 486 g/mol. The first-order chi connectivity index (χ1) is 17.3. The highest BCUT2D eigenvalue weighted by Crippen LogP contribution is 2.54.